The molecule has 0 saturated heterocycles. The lowest BCUT2D eigenvalue weighted by Crippen LogP contribution is -2.61. The third-order valence-electron chi connectivity index (χ3n) is 2.86. The Bertz CT molecular complexity index is 712. The van der Waals surface area contributed by atoms with Crippen molar-refractivity contribution in [1.82, 2.24) is 0 Å². The van der Waals surface area contributed by atoms with Gasteiger partial charge in [0.2, 0.25) is 5.83 Å². The summed E-state index contributed by atoms with van der Waals surface area (Å²) in [4.78, 5) is 0. The highest BCUT2D eigenvalue weighted by Gasteiger charge is 2.83. The van der Waals surface area contributed by atoms with Crippen molar-refractivity contribution in [1.29, 1.82) is 0 Å². The van der Waals surface area contributed by atoms with Crippen molar-refractivity contribution < 1.29 is 53.0 Å². The summed E-state index contributed by atoms with van der Waals surface area (Å²) >= 11 is 0. The molecule has 148 valence electrons. The van der Waals surface area contributed by atoms with Gasteiger partial charge in [0.25, 0.3) is 0 Å². The fourth-order valence-corrected chi connectivity index (χ4v) is 1.40. The van der Waals surface area contributed by atoms with Crippen molar-refractivity contribution in [3.63, 3.8) is 0 Å². The minimum atomic E-state index is -7.38. The number of anilines is 2. The molecule has 0 bridgehead atoms. The standard InChI is InChI=1S/C12H7F11N2O/c13-7(8(14)26-4-1-2-5(24)6(25)3-4)9(15,16)10(17,18)11(19,20)12(21,22)23/h1-3H,24-25H2. The van der Waals surface area contributed by atoms with Crippen molar-refractivity contribution in [3.8, 4) is 5.75 Å². The van der Waals surface area contributed by atoms with Crippen LogP contribution < -0.4 is 16.2 Å². The Balaban J connectivity index is 3.31. The van der Waals surface area contributed by atoms with E-state index in [1.807, 2.05) is 0 Å². The van der Waals surface area contributed by atoms with Gasteiger partial charge in [0, 0.05) is 6.07 Å². The number of alkyl halides is 9. The predicted molar refractivity (Wildman–Crippen MR) is 66.0 cm³/mol. The molecule has 1 rings (SSSR count). The van der Waals surface area contributed by atoms with E-state index in [-0.39, 0.29) is 11.4 Å². The third-order valence-corrected chi connectivity index (χ3v) is 2.86. The van der Waals surface area contributed by atoms with E-state index in [0.29, 0.717) is 12.1 Å². The van der Waals surface area contributed by atoms with Crippen LogP contribution in [0.1, 0.15) is 0 Å². The number of nitrogens with two attached hydrogens (primary N) is 2. The Morgan fingerprint density at radius 1 is 0.769 bits per heavy atom. The fourth-order valence-electron chi connectivity index (χ4n) is 1.40. The second-order valence-corrected chi connectivity index (χ2v) is 4.70. The summed E-state index contributed by atoms with van der Waals surface area (Å²) < 4.78 is 144. The summed E-state index contributed by atoms with van der Waals surface area (Å²) in [5.41, 5.74) is 9.94. The SMILES string of the molecule is Nc1ccc(OC(F)=C(F)C(F)(F)C(F)(F)C(F)(F)C(F)(F)F)cc1N. The summed E-state index contributed by atoms with van der Waals surface area (Å²) in [5, 5.41) is 0. The highest BCUT2D eigenvalue weighted by Crippen LogP contribution is 2.55. The number of benzene rings is 1. The van der Waals surface area contributed by atoms with Crippen LogP contribution in [0.15, 0.2) is 30.0 Å². The van der Waals surface area contributed by atoms with Crippen LogP contribution in [-0.2, 0) is 0 Å². The second-order valence-electron chi connectivity index (χ2n) is 4.70. The number of nitrogen functional groups attached to an aromatic ring is 2. The Morgan fingerprint density at radius 2 is 1.27 bits per heavy atom. The van der Waals surface area contributed by atoms with E-state index in [4.69, 9.17) is 11.5 Å². The van der Waals surface area contributed by atoms with Crippen LogP contribution in [0.2, 0.25) is 0 Å². The summed E-state index contributed by atoms with van der Waals surface area (Å²) in [6.07, 6.45) is -7.18. The molecule has 0 saturated carbocycles. The van der Waals surface area contributed by atoms with E-state index in [1.54, 1.807) is 0 Å². The summed E-state index contributed by atoms with van der Waals surface area (Å²) in [6.45, 7) is 0. The summed E-state index contributed by atoms with van der Waals surface area (Å²) in [7, 11) is 0. The molecule has 0 radical (unpaired) electrons. The zero-order chi connectivity index (χ0) is 20.7. The lowest BCUT2D eigenvalue weighted by molar-refractivity contribution is -0.392. The normalized spacial score (nSPS) is 14.9. The molecule has 0 spiro atoms. The van der Waals surface area contributed by atoms with Crippen LogP contribution in [0.25, 0.3) is 0 Å². The van der Waals surface area contributed by atoms with Crippen LogP contribution in [0, 0.1) is 0 Å². The zero-order valence-corrected chi connectivity index (χ0v) is 12.0. The maximum Gasteiger partial charge on any atom is 0.460 e. The van der Waals surface area contributed by atoms with Crippen molar-refractivity contribution >= 4 is 11.4 Å². The number of rotatable bonds is 5. The molecule has 0 unspecified atom stereocenters. The van der Waals surface area contributed by atoms with Crippen LogP contribution in [0.3, 0.4) is 0 Å². The molecule has 0 aliphatic rings. The number of hydrogen-bond acceptors (Lipinski definition) is 3. The molecule has 0 heterocycles. The minimum absolute atomic E-state index is 0.135. The number of allylic oxidation sites excluding steroid dienone is 1. The van der Waals surface area contributed by atoms with Gasteiger partial charge in [-0.1, -0.05) is 0 Å². The lowest BCUT2D eigenvalue weighted by atomic mass is 10.0. The van der Waals surface area contributed by atoms with Gasteiger partial charge in [-0.05, 0) is 12.1 Å². The van der Waals surface area contributed by atoms with Crippen molar-refractivity contribution in [3.05, 3.63) is 30.0 Å². The topological polar surface area (TPSA) is 61.3 Å². The van der Waals surface area contributed by atoms with Gasteiger partial charge in [-0.2, -0.15) is 48.3 Å². The molecule has 1 aromatic rings. The predicted octanol–water partition coefficient (Wildman–Crippen LogP) is 4.81. The first kappa shape index (κ1) is 21.6. The van der Waals surface area contributed by atoms with Gasteiger partial charge in [-0.25, -0.2) is 0 Å². The number of hydrogen-bond donors (Lipinski definition) is 2. The van der Waals surface area contributed by atoms with Crippen molar-refractivity contribution in [2.75, 3.05) is 11.5 Å². The molecule has 0 aliphatic heterocycles. The smallest absolute Gasteiger partial charge is 0.430 e. The lowest BCUT2D eigenvalue weighted by Gasteiger charge is -2.32. The van der Waals surface area contributed by atoms with Gasteiger partial charge in [-0.3, -0.25) is 0 Å². The van der Waals surface area contributed by atoms with E-state index < -0.39 is 41.5 Å². The monoisotopic (exact) mass is 404 g/mol. The zero-order valence-electron chi connectivity index (χ0n) is 12.0. The molecule has 0 aliphatic carbocycles. The average Bonchev–Trinajstić information content (AvgIpc) is 2.48. The highest BCUT2D eigenvalue weighted by molar-refractivity contribution is 5.65. The Labute approximate surface area is 137 Å². The number of halogens is 11. The highest BCUT2D eigenvalue weighted by atomic mass is 19.4. The van der Waals surface area contributed by atoms with Crippen LogP contribution in [0.4, 0.5) is 59.7 Å². The molecule has 1 aromatic carbocycles. The van der Waals surface area contributed by atoms with E-state index in [2.05, 4.69) is 4.74 Å². The first-order chi connectivity index (χ1) is 11.5. The Morgan fingerprint density at radius 3 is 1.69 bits per heavy atom. The quantitative estimate of drug-likeness (QED) is 0.421. The number of ether oxygens (including phenoxy) is 1. The van der Waals surface area contributed by atoms with Gasteiger partial charge < -0.3 is 16.2 Å². The largest absolute Gasteiger partial charge is 0.460 e. The van der Waals surface area contributed by atoms with Crippen LogP contribution in [0.5, 0.6) is 5.75 Å². The van der Waals surface area contributed by atoms with Gasteiger partial charge in [0.05, 0.1) is 11.4 Å². The fraction of sp³-hybridized carbons (Fsp3) is 0.333. The molecular weight excluding hydrogens is 397 g/mol. The van der Waals surface area contributed by atoms with Gasteiger partial charge in [0.1, 0.15) is 5.75 Å². The van der Waals surface area contributed by atoms with E-state index in [1.165, 1.54) is 0 Å². The molecule has 0 atom stereocenters. The molecular formula is C12H7F11N2O. The molecule has 0 amide bonds. The first-order valence-corrected chi connectivity index (χ1v) is 6.05. The van der Waals surface area contributed by atoms with Crippen LogP contribution in [-0.4, -0.2) is 23.9 Å². The van der Waals surface area contributed by atoms with Gasteiger partial charge in [0.15, 0.2) is 0 Å². The van der Waals surface area contributed by atoms with E-state index in [9.17, 15) is 48.3 Å². The second kappa shape index (κ2) is 6.39. The van der Waals surface area contributed by atoms with Crippen molar-refractivity contribution in [2.24, 2.45) is 0 Å². The molecule has 3 nitrogen and oxygen atoms in total. The Hall–Kier alpha value is -2.41. The molecule has 0 fully saturated rings. The van der Waals surface area contributed by atoms with Crippen molar-refractivity contribution in [2.45, 2.75) is 23.9 Å². The van der Waals surface area contributed by atoms with Gasteiger partial charge >= 0.3 is 30.0 Å². The van der Waals surface area contributed by atoms with E-state index >= 15 is 0 Å². The average molecular weight is 404 g/mol. The summed E-state index contributed by atoms with van der Waals surface area (Å²) in [6, 6.07) is -0.987. The summed E-state index contributed by atoms with van der Waals surface area (Å²) in [5.74, 6) is -26.5. The maximum absolute atomic E-state index is 13.3. The third kappa shape index (κ3) is 3.44. The Kier molecular flexibility index (Phi) is 5.32. The molecule has 14 heteroatoms. The van der Waals surface area contributed by atoms with Gasteiger partial charge in [-0.15, -0.1) is 0 Å². The molecule has 26 heavy (non-hydrogen) atoms. The molecule has 4 N–H and O–H groups in total. The van der Waals surface area contributed by atoms with Crippen LogP contribution >= 0.6 is 0 Å². The maximum atomic E-state index is 13.3. The molecule has 0 aromatic heterocycles. The van der Waals surface area contributed by atoms with E-state index in [0.717, 1.165) is 6.07 Å². The minimum Gasteiger partial charge on any atom is -0.430 e. The first-order valence-electron chi connectivity index (χ1n) is 6.05.